The molecular formula is C15H19N3O. The molecule has 19 heavy (non-hydrogen) atoms. The molecule has 1 saturated carbocycles. The lowest BCUT2D eigenvalue weighted by Crippen LogP contribution is -2.30. The van der Waals surface area contributed by atoms with E-state index < -0.39 is 0 Å². The SMILES string of the molecule is CC(NCCC(=O)NC1CC1)c1ccc(C#N)cc1. The summed E-state index contributed by atoms with van der Waals surface area (Å²) < 4.78 is 0. The van der Waals surface area contributed by atoms with Crippen molar-refractivity contribution in [2.45, 2.75) is 38.3 Å². The van der Waals surface area contributed by atoms with E-state index >= 15 is 0 Å². The molecule has 2 rings (SSSR count). The molecule has 2 N–H and O–H groups in total. The molecule has 1 fully saturated rings. The molecule has 4 heteroatoms. The van der Waals surface area contributed by atoms with Crippen LogP contribution in [0.4, 0.5) is 0 Å². The van der Waals surface area contributed by atoms with Crippen LogP contribution in [0.2, 0.25) is 0 Å². The maximum Gasteiger partial charge on any atom is 0.221 e. The molecule has 1 aliphatic carbocycles. The highest BCUT2D eigenvalue weighted by molar-refractivity contribution is 5.76. The number of hydrogen-bond acceptors (Lipinski definition) is 3. The summed E-state index contributed by atoms with van der Waals surface area (Å²) in [5.74, 6) is 0.127. The Kier molecular flexibility index (Phi) is 4.53. The molecule has 0 radical (unpaired) electrons. The van der Waals surface area contributed by atoms with Gasteiger partial charge >= 0.3 is 0 Å². The molecule has 0 saturated heterocycles. The van der Waals surface area contributed by atoms with E-state index in [4.69, 9.17) is 5.26 Å². The Hall–Kier alpha value is -1.86. The second-order valence-corrected chi connectivity index (χ2v) is 5.00. The maximum atomic E-state index is 11.5. The number of rotatable bonds is 6. The zero-order valence-electron chi connectivity index (χ0n) is 11.1. The number of carbonyl (C=O) groups excluding carboxylic acids is 1. The van der Waals surface area contributed by atoms with Crippen LogP contribution in [-0.4, -0.2) is 18.5 Å². The average Bonchev–Trinajstić information content (AvgIpc) is 3.22. The lowest BCUT2D eigenvalue weighted by atomic mass is 10.1. The first-order valence-corrected chi connectivity index (χ1v) is 6.72. The van der Waals surface area contributed by atoms with E-state index in [1.807, 2.05) is 24.3 Å². The van der Waals surface area contributed by atoms with E-state index in [0.29, 0.717) is 24.6 Å². The lowest BCUT2D eigenvalue weighted by Gasteiger charge is -2.14. The topological polar surface area (TPSA) is 64.9 Å². The maximum absolute atomic E-state index is 11.5. The van der Waals surface area contributed by atoms with Crippen molar-refractivity contribution in [2.24, 2.45) is 0 Å². The van der Waals surface area contributed by atoms with Gasteiger partial charge in [-0.15, -0.1) is 0 Å². The molecule has 0 aromatic heterocycles. The Morgan fingerprint density at radius 2 is 2.11 bits per heavy atom. The van der Waals surface area contributed by atoms with Gasteiger partial charge in [0, 0.05) is 25.0 Å². The van der Waals surface area contributed by atoms with E-state index in [-0.39, 0.29) is 11.9 Å². The first-order valence-electron chi connectivity index (χ1n) is 6.72. The number of amides is 1. The number of nitriles is 1. The van der Waals surface area contributed by atoms with Crippen LogP contribution in [0.1, 0.15) is 43.4 Å². The summed E-state index contributed by atoms with van der Waals surface area (Å²) >= 11 is 0. The Balaban J connectivity index is 1.72. The van der Waals surface area contributed by atoms with Gasteiger partial charge < -0.3 is 10.6 Å². The summed E-state index contributed by atoms with van der Waals surface area (Å²) in [7, 11) is 0. The monoisotopic (exact) mass is 257 g/mol. The zero-order chi connectivity index (χ0) is 13.7. The van der Waals surface area contributed by atoms with Crippen molar-refractivity contribution in [2.75, 3.05) is 6.54 Å². The molecule has 1 unspecified atom stereocenters. The second-order valence-electron chi connectivity index (χ2n) is 5.00. The van der Waals surface area contributed by atoms with Gasteiger partial charge in [0.15, 0.2) is 0 Å². The van der Waals surface area contributed by atoms with Crippen LogP contribution < -0.4 is 10.6 Å². The van der Waals surface area contributed by atoms with Crippen LogP contribution in [0.15, 0.2) is 24.3 Å². The predicted molar refractivity (Wildman–Crippen MR) is 73.4 cm³/mol. The summed E-state index contributed by atoms with van der Waals surface area (Å²) in [5.41, 5.74) is 1.79. The van der Waals surface area contributed by atoms with Gasteiger partial charge in [-0.05, 0) is 37.5 Å². The Labute approximate surface area is 113 Å². The minimum atomic E-state index is 0.127. The highest BCUT2D eigenvalue weighted by Crippen LogP contribution is 2.18. The van der Waals surface area contributed by atoms with Crippen molar-refractivity contribution in [3.05, 3.63) is 35.4 Å². The molecule has 1 atom stereocenters. The number of hydrogen-bond donors (Lipinski definition) is 2. The highest BCUT2D eigenvalue weighted by Gasteiger charge is 2.22. The molecular weight excluding hydrogens is 238 g/mol. The van der Waals surface area contributed by atoms with Gasteiger partial charge in [-0.2, -0.15) is 5.26 Å². The molecule has 1 aromatic carbocycles. The normalized spacial score (nSPS) is 15.6. The first kappa shape index (κ1) is 13.6. The van der Waals surface area contributed by atoms with Crippen LogP contribution in [0.5, 0.6) is 0 Å². The first-order chi connectivity index (χ1) is 9.19. The number of nitrogens with one attached hydrogen (secondary N) is 2. The Morgan fingerprint density at radius 1 is 1.42 bits per heavy atom. The molecule has 4 nitrogen and oxygen atoms in total. The molecule has 1 aliphatic rings. The molecule has 0 aliphatic heterocycles. The van der Waals surface area contributed by atoms with Crippen LogP contribution in [0, 0.1) is 11.3 Å². The molecule has 1 amide bonds. The summed E-state index contributed by atoms with van der Waals surface area (Å²) in [5, 5.41) is 15.0. The fourth-order valence-corrected chi connectivity index (χ4v) is 1.89. The smallest absolute Gasteiger partial charge is 0.221 e. The average molecular weight is 257 g/mol. The summed E-state index contributed by atoms with van der Waals surface area (Å²) in [4.78, 5) is 11.5. The minimum absolute atomic E-state index is 0.127. The van der Waals surface area contributed by atoms with E-state index in [1.54, 1.807) is 0 Å². The molecule has 100 valence electrons. The Bertz CT molecular complexity index is 471. The van der Waals surface area contributed by atoms with Gasteiger partial charge in [0.1, 0.15) is 0 Å². The summed E-state index contributed by atoms with van der Waals surface area (Å²) in [6.45, 7) is 2.72. The second kappa shape index (κ2) is 6.35. The molecule has 1 aromatic rings. The minimum Gasteiger partial charge on any atom is -0.353 e. The number of carbonyl (C=O) groups is 1. The van der Waals surface area contributed by atoms with E-state index in [1.165, 1.54) is 0 Å². The van der Waals surface area contributed by atoms with Crippen LogP contribution in [0.3, 0.4) is 0 Å². The third-order valence-electron chi connectivity index (χ3n) is 3.28. The van der Waals surface area contributed by atoms with Crippen molar-refractivity contribution < 1.29 is 4.79 Å². The molecule has 0 bridgehead atoms. The van der Waals surface area contributed by atoms with E-state index in [9.17, 15) is 4.79 Å². The standard InChI is InChI=1S/C15H19N3O/c1-11(13-4-2-12(10-16)3-5-13)17-9-8-15(19)18-14-6-7-14/h2-5,11,14,17H,6-9H2,1H3,(H,18,19). The molecule has 0 spiro atoms. The third-order valence-corrected chi connectivity index (χ3v) is 3.28. The zero-order valence-corrected chi connectivity index (χ0v) is 11.1. The largest absolute Gasteiger partial charge is 0.353 e. The van der Waals surface area contributed by atoms with Gasteiger partial charge in [-0.1, -0.05) is 12.1 Å². The molecule has 0 heterocycles. The summed E-state index contributed by atoms with van der Waals surface area (Å²) in [6.07, 6.45) is 2.76. The number of benzene rings is 1. The van der Waals surface area contributed by atoms with E-state index in [2.05, 4.69) is 23.6 Å². The van der Waals surface area contributed by atoms with Crippen molar-refractivity contribution in [1.82, 2.24) is 10.6 Å². The van der Waals surface area contributed by atoms with Crippen molar-refractivity contribution in [3.8, 4) is 6.07 Å². The van der Waals surface area contributed by atoms with E-state index in [0.717, 1.165) is 18.4 Å². The fourth-order valence-electron chi connectivity index (χ4n) is 1.89. The van der Waals surface area contributed by atoms with Crippen LogP contribution in [0.25, 0.3) is 0 Å². The third kappa shape index (κ3) is 4.38. The van der Waals surface area contributed by atoms with Gasteiger partial charge in [-0.25, -0.2) is 0 Å². The van der Waals surface area contributed by atoms with Gasteiger partial charge in [0.05, 0.1) is 11.6 Å². The summed E-state index contributed by atoms with van der Waals surface area (Å²) in [6, 6.07) is 10.2. The van der Waals surface area contributed by atoms with Crippen molar-refractivity contribution in [3.63, 3.8) is 0 Å². The predicted octanol–water partition coefficient (Wildman–Crippen LogP) is 1.88. The van der Waals surface area contributed by atoms with Crippen molar-refractivity contribution in [1.29, 1.82) is 5.26 Å². The fraction of sp³-hybridized carbons (Fsp3) is 0.467. The highest BCUT2D eigenvalue weighted by atomic mass is 16.1. The number of nitrogens with zero attached hydrogens (tertiary/aromatic N) is 1. The van der Waals surface area contributed by atoms with Gasteiger partial charge in [0.25, 0.3) is 0 Å². The van der Waals surface area contributed by atoms with Crippen LogP contribution >= 0.6 is 0 Å². The quantitative estimate of drug-likeness (QED) is 0.817. The van der Waals surface area contributed by atoms with Crippen molar-refractivity contribution >= 4 is 5.91 Å². The lowest BCUT2D eigenvalue weighted by molar-refractivity contribution is -0.121. The van der Waals surface area contributed by atoms with Gasteiger partial charge in [0.2, 0.25) is 5.91 Å². The van der Waals surface area contributed by atoms with Gasteiger partial charge in [-0.3, -0.25) is 4.79 Å². The van der Waals surface area contributed by atoms with Crippen LogP contribution in [-0.2, 0) is 4.79 Å². The Morgan fingerprint density at radius 3 is 2.68 bits per heavy atom.